The van der Waals surface area contributed by atoms with Crippen LogP contribution in [0.25, 0.3) is 17.0 Å². The van der Waals surface area contributed by atoms with Crippen LogP contribution in [0.2, 0.25) is 0 Å². The number of phenols is 2. The molecule has 1 saturated heterocycles. The number of ether oxygens (including phenoxy) is 1. The molecule has 0 bridgehead atoms. The summed E-state index contributed by atoms with van der Waals surface area (Å²) in [5, 5.41) is 32.4. The van der Waals surface area contributed by atoms with Crippen molar-refractivity contribution in [1.82, 2.24) is 4.90 Å². The van der Waals surface area contributed by atoms with E-state index in [1.807, 2.05) is 40.6 Å². The highest BCUT2D eigenvalue weighted by atomic mass is 32.2. The summed E-state index contributed by atoms with van der Waals surface area (Å²) in [6.07, 6.45) is 0. The SMILES string of the molecule is N#C/C(C(=O)N1CCOCC1)=C1/SC=C(c2ccc(-c3cc(O)ccc3O)o2)N1c1ccccc1. The van der Waals surface area contributed by atoms with Crippen LogP contribution in [0.4, 0.5) is 5.69 Å². The van der Waals surface area contributed by atoms with Crippen LogP contribution < -0.4 is 4.90 Å². The zero-order chi connectivity index (χ0) is 24.4. The van der Waals surface area contributed by atoms with Crippen molar-refractivity contribution in [3.63, 3.8) is 0 Å². The lowest BCUT2D eigenvalue weighted by molar-refractivity contribution is -0.130. The minimum atomic E-state index is -0.335. The van der Waals surface area contributed by atoms with E-state index in [0.29, 0.717) is 54.1 Å². The number of benzene rings is 2. The van der Waals surface area contributed by atoms with Gasteiger partial charge in [0, 0.05) is 24.2 Å². The Morgan fingerprint density at radius 2 is 1.74 bits per heavy atom. The molecule has 35 heavy (non-hydrogen) atoms. The summed E-state index contributed by atoms with van der Waals surface area (Å²) in [5.41, 5.74) is 1.80. The second-order valence-corrected chi connectivity index (χ2v) is 8.71. The number of para-hydroxylation sites is 1. The smallest absolute Gasteiger partial charge is 0.267 e. The summed E-state index contributed by atoms with van der Waals surface area (Å²) in [7, 11) is 0. The van der Waals surface area contributed by atoms with Crippen molar-refractivity contribution in [3.05, 3.63) is 82.4 Å². The highest BCUT2D eigenvalue weighted by molar-refractivity contribution is 8.06. The Morgan fingerprint density at radius 1 is 1.00 bits per heavy atom. The molecule has 9 heteroatoms. The first kappa shape index (κ1) is 22.7. The Morgan fingerprint density at radius 3 is 2.49 bits per heavy atom. The lowest BCUT2D eigenvalue weighted by atomic mass is 10.1. The minimum absolute atomic E-state index is 0.00260. The van der Waals surface area contributed by atoms with Gasteiger partial charge in [0.2, 0.25) is 0 Å². The average Bonchev–Trinajstić information content (AvgIpc) is 3.55. The standard InChI is InChI=1S/C26H21N3O5S/c27-15-20(25(32)28-10-12-33-13-11-28)26-29(17-4-2-1-3-5-17)21(16-35-26)24-9-8-23(34-24)19-14-18(30)6-7-22(19)31/h1-9,14,16,30-31H,10-13H2/b26-20-. The summed E-state index contributed by atoms with van der Waals surface area (Å²) in [5.74, 6) is 0.489. The second-order valence-electron chi connectivity index (χ2n) is 7.85. The molecule has 5 rings (SSSR count). The first-order chi connectivity index (χ1) is 17.1. The monoisotopic (exact) mass is 487 g/mol. The van der Waals surface area contributed by atoms with E-state index in [4.69, 9.17) is 9.15 Å². The van der Waals surface area contributed by atoms with Gasteiger partial charge in [-0.05, 0) is 42.5 Å². The molecular formula is C26H21N3O5S. The van der Waals surface area contributed by atoms with E-state index < -0.39 is 0 Å². The normalized spacial score (nSPS) is 17.2. The fourth-order valence-electron chi connectivity index (χ4n) is 3.95. The van der Waals surface area contributed by atoms with Crippen LogP contribution in [0.1, 0.15) is 5.76 Å². The van der Waals surface area contributed by atoms with Gasteiger partial charge in [0.05, 0.1) is 24.5 Å². The van der Waals surface area contributed by atoms with Gasteiger partial charge in [0.25, 0.3) is 5.91 Å². The van der Waals surface area contributed by atoms with E-state index in [-0.39, 0.29) is 23.0 Å². The molecule has 0 unspecified atom stereocenters. The minimum Gasteiger partial charge on any atom is -0.508 e. The molecule has 0 atom stereocenters. The maximum absolute atomic E-state index is 13.2. The highest BCUT2D eigenvalue weighted by Gasteiger charge is 2.33. The van der Waals surface area contributed by atoms with Gasteiger partial charge in [0.1, 0.15) is 33.9 Å². The first-order valence-corrected chi connectivity index (χ1v) is 11.8. The number of morpholine rings is 1. The van der Waals surface area contributed by atoms with Gasteiger partial charge in [-0.2, -0.15) is 5.26 Å². The van der Waals surface area contributed by atoms with Gasteiger partial charge in [-0.3, -0.25) is 9.69 Å². The molecule has 2 aliphatic rings. The quantitative estimate of drug-likeness (QED) is 0.314. The third kappa shape index (κ3) is 4.37. The van der Waals surface area contributed by atoms with Crippen molar-refractivity contribution < 1.29 is 24.2 Å². The number of nitriles is 1. The number of phenolic OH excluding ortho intramolecular Hbond substituents is 2. The summed E-state index contributed by atoms with van der Waals surface area (Å²) >= 11 is 1.28. The lowest BCUT2D eigenvalue weighted by Crippen LogP contribution is -2.41. The van der Waals surface area contributed by atoms with Gasteiger partial charge in [-0.15, -0.1) is 0 Å². The Hall–Kier alpha value is -4.13. The van der Waals surface area contributed by atoms with Gasteiger partial charge >= 0.3 is 0 Å². The molecule has 2 N–H and O–H groups in total. The molecule has 3 heterocycles. The molecule has 1 amide bonds. The molecular weight excluding hydrogens is 466 g/mol. The van der Waals surface area contributed by atoms with Crippen LogP contribution in [-0.2, 0) is 9.53 Å². The number of hydrogen-bond acceptors (Lipinski definition) is 8. The molecule has 3 aromatic rings. The van der Waals surface area contributed by atoms with Crippen molar-refractivity contribution >= 4 is 29.1 Å². The Bertz CT molecular complexity index is 1370. The topological polar surface area (TPSA) is 110 Å². The summed E-state index contributed by atoms with van der Waals surface area (Å²) in [6.45, 7) is 1.75. The molecule has 2 aromatic carbocycles. The lowest BCUT2D eigenvalue weighted by Gasteiger charge is -2.28. The van der Waals surface area contributed by atoms with E-state index in [1.54, 1.807) is 17.0 Å². The predicted octanol–water partition coefficient (Wildman–Crippen LogP) is 4.50. The molecule has 0 aliphatic carbocycles. The van der Waals surface area contributed by atoms with Gasteiger partial charge in [0.15, 0.2) is 5.76 Å². The number of carbonyl (C=O) groups is 1. The zero-order valence-electron chi connectivity index (χ0n) is 18.5. The summed E-state index contributed by atoms with van der Waals surface area (Å²) in [4.78, 5) is 16.7. The van der Waals surface area contributed by atoms with E-state index >= 15 is 0 Å². The van der Waals surface area contributed by atoms with Crippen LogP contribution in [0.3, 0.4) is 0 Å². The number of furan rings is 1. The highest BCUT2D eigenvalue weighted by Crippen LogP contribution is 2.46. The Balaban J connectivity index is 1.56. The number of aromatic hydroxyl groups is 2. The van der Waals surface area contributed by atoms with E-state index in [0.717, 1.165) is 5.69 Å². The van der Waals surface area contributed by atoms with Crippen LogP contribution in [0.5, 0.6) is 11.5 Å². The number of hydrogen-bond donors (Lipinski definition) is 2. The molecule has 0 radical (unpaired) electrons. The Labute approximate surface area is 205 Å². The number of thioether (sulfide) groups is 1. The largest absolute Gasteiger partial charge is 0.508 e. The molecule has 1 aromatic heterocycles. The van der Waals surface area contributed by atoms with Crippen LogP contribution in [0, 0.1) is 11.3 Å². The maximum atomic E-state index is 13.2. The molecule has 1 fully saturated rings. The van der Waals surface area contributed by atoms with E-state index in [2.05, 4.69) is 6.07 Å². The van der Waals surface area contributed by atoms with Crippen LogP contribution >= 0.6 is 11.8 Å². The Kier molecular flexibility index (Phi) is 6.23. The van der Waals surface area contributed by atoms with Crippen LogP contribution in [-0.4, -0.2) is 47.3 Å². The van der Waals surface area contributed by atoms with Crippen LogP contribution in [0.15, 0.2) is 81.1 Å². The average molecular weight is 488 g/mol. The number of carbonyl (C=O) groups excluding carboxylic acids is 1. The van der Waals surface area contributed by atoms with Crippen molar-refractivity contribution in [2.24, 2.45) is 0 Å². The van der Waals surface area contributed by atoms with Crippen molar-refractivity contribution in [3.8, 4) is 28.9 Å². The third-order valence-electron chi connectivity index (χ3n) is 5.68. The van der Waals surface area contributed by atoms with Crippen molar-refractivity contribution in [2.45, 2.75) is 0 Å². The summed E-state index contributed by atoms with van der Waals surface area (Å²) in [6, 6.07) is 19.2. The van der Waals surface area contributed by atoms with Crippen molar-refractivity contribution in [2.75, 3.05) is 31.2 Å². The van der Waals surface area contributed by atoms with Gasteiger partial charge in [-0.1, -0.05) is 30.0 Å². The van der Waals surface area contributed by atoms with Gasteiger partial charge in [-0.25, -0.2) is 0 Å². The second kappa shape index (κ2) is 9.62. The fourth-order valence-corrected chi connectivity index (χ4v) is 4.96. The predicted molar refractivity (Wildman–Crippen MR) is 132 cm³/mol. The molecule has 2 aliphatic heterocycles. The van der Waals surface area contributed by atoms with E-state index in [9.17, 15) is 20.3 Å². The van der Waals surface area contributed by atoms with Crippen molar-refractivity contribution in [1.29, 1.82) is 5.26 Å². The fraction of sp³-hybridized carbons (Fsp3) is 0.154. The number of amides is 1. The number of anilines is 1. The summed E-state index contributed by atoms with van der Waals surface area (Å²) < 4.78 is 11.4. The first-order valence-electron chi connectivity index (χ1n) is 10.9. The molecule has 8 nitrogen and oxygen atoms in total. The molecule has 0 spiro atoms. The number of nitrogens with zero attached hydrogens (tertiary/aromatic N) is 3. The maximum Gasteiger partial charge on any atom is 0.267 e. The molecule has 0 saturated carbocycles. The number of rotatable bonds is 4. The zero-order valence-corrected chi connectivity index (χ0v) is 19.4. The third-order valence-corrected chi connectivity index (χ3v) is 6.63. The van der Waals surface area contributed by atoms with Gasteiger partial charge < -0.3 is 24.3 Å². The van der Waals surface area contributed by atoms with E-state index in [1.165, 1.54) is 30.0 Å². The molecule has 176 valence electrons.